The first-order valence-corrected chi connectivity index (χ1v) is 20.0. The molecule has 0 amide bonds. The summed E-state index contributed by atoms with van der Waals surface area (Å²) in [5, 5.41) is 0. The summed E-state index contributed by atoms with van der Waals surface area (Å²) in [7, 11) is 35.7. The summed E-state index contributed by atoms with van der Waals surface area (Å²) in [6.07, 6.45) is 0. The maximum Gasteiger partial charge on any atom is 0.815 e. The zero-order valence-electron chi connectivity index (χ0n) is 15.2. The van der Waals surface area contributed by atoms with Crippen LogP contribution in [0.5, 0.6) is 17.2 Å². The van der Waals surface area contributed by atoms with Crippen molar-refractivity contribution in [3.05, 3.63) is 42.0 Å². The number of halogens is 6. The highest BCUT2D eigenvalue weighted by molar-refractivity contribution is 7.31. The molecule has 0 aromatic heterocycles. The van der Waals surface area contributed by atoms with Crippen LogP contribution in [-0.2, 0) is 5.41 Å². The van der Waals surface area contributed by atoms with Crippen molar-refractivity contribution in [2.24, 2.45) is 0 Å². The lowest BCUT2D eigenvalue weighted by atomic mass is 9.86. The van der Waals surface area contributed by atoms with Gasteiger partial charge in [0.05, 0.1) is 17.2 Å². The molecule has 0 aliphatic carbocycles. The number of hydrogen-bond acceptors (Lipinski definition) is 3. The minimum Gasteiger partial charge on any atom is -0.620 e. The minimum atomic E-state index is -2.41. The van der Waals surface area contributed by atoms with Gasteiger partial charge in [-0.2, -0.15) is 60.3 Å². The summed E-state index contributed by atoms with van der Waals surface area (Å²) < 4.78 is 17.0. The number of benzene rings is 2. The quantitative estimate of drug-likeness (QED) is 0.343. The fraction of sp³-hybridized carbons (Fsp3) is 0.250. The average Bonchev–Trinajstić information content (AvgIpc) is 2.54. The van der Waals surface area contributed by atoms with Crippen molar-refractivity contribution in [2.45, 2.75) is 26.2 Å². The van der Waals surface area contributed by atoms with Crippen LogP contribution in [0.25, 0.3) is 11.1 Å². The van der Waals surface area contributed by atoms with Crippen molar-refractivity contribution in [3.63, 3.8) is 0 Å². The van der Waals surface area contributed by atoms with Crippen LogP contribution in [0.1, 0.15) is 26.3 Å². The molecule has 2 rings (SSSR count). The molecule has 0 bridgehead atoms. The Morgan fingerprint density at radius 1 is 0.643 bits per heavy atom. The summed E-state index contributed by atoms with van der Waals surface area (Å²) in [5.74, 6) is 1.54. The van der Waals surface area contributed by atoms with E-state index >= 15 is 0 Å². The van der Waals surface area contributed by atoms with Crippen molar-refractivity contribution < 1.29 is 11.4 Å². The van der Waals surface area contributed by atoms with Crippen LogP contribution >= 0.6 is 60.3 Å². The highest BCUT2D eigenvalue weighted by Gasteiger charge is 2.26. The molecule has 0 N–H and O–H groups in total. The lowest BCUT2D eigenvalue weighted by Gasteiger charge is -2.23. The van der Waals surface area contributed by atoms with Gasteiger partial charge in [-0.15, -0.1) is 0 Å². The third kappa shape index (κ3) is 7.70. The molecule has 0 aliphatic rings. The molecular formula is C16H15Al3Cl6O3. The van der Waals surface area contributed by atoms with Gasteiger partial charge in [0.2, 0.25) is 0 Å². The van der Waals surface area contributed by atoms with Crippen LogP contribution in [-0.4, -0.2) is 37.9 Å². The molecule has 12 heteroatoms. The first-order valence-electron chi connectivity index (χ1n) is 8.10. The van der Waals surface area contributed by atoms with Crippen LogP contribution in [0.4, 0.5) is 0 Å². The summed E-state index contributed by atoms with van der Waals surface area (Å²) in [5.41, 5.74) is 2.37. The first kappa shape index (κ1) is 25.4. The lowest BCUT2D eigenvalue weighted by Crippen LogP contribution is -2.13. The Morgan fingerprint density at radius 2 is 1.21 bits per heavy atom. The fourth-order valence-electron chi connectivity index (χ4n) is 2.50. The Bertz CT molecular complexity index is 815. The van der Waals surface area contributed by atoms with Gasteiger partial charge in [-0.25, -0.2) is 0 Å². The predicted octanol–water partition coefficient (Wildman–Crippen LogP) is 7.18. The Balaban J connectivity index is 2.65. The summed E-state index contributed by atoms with van der Waals surface area (Å²) in [6, 6.07) is 11.0. The van der Waals surface area contributed by atoms with Crippen molar-refractivity contribution in [1.29, 1.82) is 0 Å². The second kappa shape index (κ2) is 11.2. The molecule has 0 unspecified atom stereocenters. The summed E-state index contributed by atoms with van der Waals surface area (Å²) in [6.45, 7) is 6.32. The zero-order valence-corrected chi connectivity index (χ0v) is 23.2. The molecule has 148 valence electrons. The van der Waals surface area contributed by atoms with E-state index in [1.807, 2.05) is 18.2 Å². The Labute approximate surface area is 204 Å². The maximum atomic E-state index is 6.02. The van der Waals surface area contributed by atoms with Crippen LogP contribution in [0.2, 0.25) is 0 Å². The van der Waals surface area contributed by atoms with Gasteiger partial charge < -0.3 is 11.4 Å². The van der Waals surface area contributed by atoms with E-state index < -0.39 is 37.9 Å². The molecule has 3 nitrogen and oxygen atoms in total. The highest BCUT2D eigenvalue weighted by atomic mass is 35.7. The van der Waals surface area contributed by atoms with E-state index in [1.54, 1.807) is 18.2 Å². The van der Waals surface area contributed by atoms with Crippen LogP contribution in [0.3, 0.4) is 0 Å². The van der Waals surface area contributed by atoms with Crippen molar-refractivity contribution in [2.75, 3.05) is 0 Å². The van der Waals surface area contributed by atoms with Gasteiger partial charge in [-0.05, 0) is 35.2 Å². The van der Waals surface area contributed by atoms with Crippen LogP contribution in [0.15, 0.2) is 36.4 Å². The van der Waals surface area contributed by atoms with E-state index in [1.165, 1.54) is 0 Å². The van der Waals surface area contributed by atoms with E-state index in [-0.39, 0.29) is 5.41 Å². The molecule has 0 fully saturated rings. The standard InChI is InChI=1S/C16H18O3.3Al.6ClH/c1-16(2,3)10-4-6-12(15(19)8-10)13-9-11(17)5-7-14(13)18;;;;;;;;;/h4-9,17-19H,1-3H3;;;;6*1H/q;3*+3;;;;;;/p-9. The van der Waals surface area contributed by atoms with Gasteiger partial charge in [0.25, 0.3) is 0 Å². The van der Waals surface area contributed by atoms with E-state index in [2.05, 4.69) is 20.8 Å². The molecule has 0 aliphatic heterocycles. The third-order valence-electron chi connectivity index (χ3n) is 3.75. The smallest absolute Gasteiger partial charge is 0.620 e. The van der Waals surface area contributed by atoms with Crippen molar-refractivity contribution in [3.8, 4) is 28.4 Å². The monoisotopic (exact) mass is 546 g/mol. The third-order valence-corrected chi connectivity index (χ3v) is 6.66. The van der Waals surface area contributed by atoms with Gasteiger partial charge in [-0.1, -0.05) is 32.9 Å². The molecule has 2 aromatic rings. The van der Waals surface area contributed by atoms with Gasteiger partial charge in [-0.3, -0.25) is 0 Å². The van der Waals surface area contributed by atoms with Gasteiger partial charge in [0.1, 0.15) is 0 Å². The largest absolute Gasteiger partial charge is 0.815 e. The van der Waals surface area contributed by atoms with E-state index in [4.69, 9.17) is 71.7 Å². The minimum absolute atomic E-state index is 0.0863. The second-order valence-electron chi connectivity index (χ2n) is 6.75. The molecule has 0 saturated heterocycles. The molecule has 0 heterocycles. The molecule has 28 heavy (non-hydrogen) atoms. The SMILES string of the molecule is CC(C)(C)c1ccc(-c2cc([O][Al]([Cl])[Cl])ccc2[O][Al]([Cl])[Cl])c([O][Al]([Cl])[Cl])c1. The molecule has 0 radical (unpaired) electrons. The molecule has 0 spiro atoms. The fourth-order valence-corrected chi connectivity index (χ4v) is 5.41. The molecule has 0 saturated carbocycles. The van der Waals surface area contributed by atoms with Gasteiger partial charge >= 0.3 is 37.9 Å². The number of hydrogen-bond donors (Lipinski definition) is 0. The van der Waals surface area contributed by atoms with Crippen LogP contribution in [0, 0.1) is 0 Å². The number of rotatable bonds is 7. The lowest BCUT2D eigenvalue weighted by molar-refractivity contribution is 0.570. The topological polar surface area (TPSA) is 27.7 Å². The Morgan fingerprint density at radius 3 is 1.75 bits per heavy atom. The zero-order chi connectivity index (χ0) is 21.1. The predicted molar refractivity (Wildman–Crippen MR) is 125 cm³/mol. The Kier molecular flexibility index (Phi) is 10.1. The van der Waals surface area contributed by atoms with E-state index in [0.29, 0.717) is 22.8 Å². The molecule has 0 atom stereocenters. The molecule has 2 aromatic carbocycles. The molecular weight excluding hydrogens is 534 g/mol. The van der Waals surface area contributed by atoms with Gasteiger partial charge in [0, 0.05) is 11.1 Å². The second-order valence-corrected chi connectivity index (χ2v) is 18.2. The first-order chi connectivity index (χ1) is 13.0. The van der Waals surface area contributed by atoms with Gasteiger partial charge in [0.15, 0.2) is 0 Å². The van der Waals surface area contributed by atoms with Crippen molar-refractivity contribution in [1.82, 2.24) is 0 Å². The normalized spacial score (nSPS) is 11.0. The average molecular weight is 549 g/mol. The van der Waals surface area contributed by atoms with Crippen molar-refractivity contribution >= 4 is 98.2 Å². The summed E-state index contributed by atoms with van der Waals surface area (Å²) >= 11 is -7.14. The Hall–Kier alpha value is 1.18. The summed E-state index contributed by atoms with van der Waals surface area (Å²) in [4.78, 5) is 0. The maximum absolute atomic E-state index is 6.02. The van der Waals surface area contributed by atoms with E-state index in [0.717, 1.165) is 11.1 Å². The highest BCUT2D eigenvalue weighted by Crippen LogP contribution is 2.42. The van der Waals surface area contributed by atoms with E-state index in [9.17, 15) is 0 Å². The van der Waals surface area contributed by atoms with Crippen LogP contribution < -0.4 is 11.4 Å².